The van der Waals surface area contributed by atoms with Gasteiger partial charge in [-0.15, -0.1) is 0 Å². The van der Waals surface area contributed by atoms with Crippen LogP contribution in [0.2, 0.25) is 0 Å². The third-order valence-corrected chi connectivity index (χ3v) is 4.21. The molecule has 0 spiro atoms. The molecule has 1 fully saturated rings. The minimum Gasteiger partial charge on any atom is -0.491 e. The first-order valence-electron chi connectivity index (χ1n) is 8.12. The highest BCUT2D eigenvalue weighted by Crippen LogP contribution is 2.25. The second kappa shape index (κ2) is 6.72. The molecule has 1 saturated heterocycles. The molecule has 1 unspecified atom stereocenters. The van der Waals surface area contributed by atoms with Crippen molar-refractivity contribution < 1.29 is 14.4 Å². The maximum atomic E-state index is 10.7. The van der Waals surface area contributed by atoms with E-state index < -0.39 is 5.60 Å². The number of hydrogen-bond donors (Lipinski definition) is 1. The van der Waals surface area contributed by atoms with Gasteiger partial charge in [-0.25, -0.2) is 0 Å². The largest absolute Gasteiger partial charge is 0.491 e. The molecule has 0 amide bonds. The van der Waals surface area contributed by atoms with Gasteiger partial charge in [0.15, 0.2) is 5.76 Å². The molecular weight excluding hydrogens is 292 g/mol. The molecule has 5 heteroatoms. The molecule has 0 aliphatic carbocycles. The van der Waals surface area contributed by atoms with Crippen molar-refractivity contribution in [1.29, 1.82) is 0 Å². The Morgan fingerprint density at radius 3 is 2.83 bits per heavy atom. The number of hydrogen-bond acceptors (Lipinski definition) is 5. The summed E-state index contributed by atoms with van der Waals surface area (Å²) in [6.07, 6.45) is 0.699. The SMILES string of the molecule is CC(C)c1cc(CN2CCC(O)(COc3ccccc3)C2)on1. The molecule has 0 saturated carbocycles. The average Bonchev–Trinajstić information content (AvgIpc) is 3.15. The smallest absolute Gasteiger partial charge is 0.150 e. The summed E-state index contributed by atoms with van der Waals surface area (Å²) in [5.41, 5.74) is 0.165. The van der Waals surface area contributed by atoms with Crippen molar-refractivity contribution in [3.8, 4) is 5.75 Å². The van der Waals surface area contributed by atoms with E-state index in [2.05, 4.69) is 23.9 Å². The number of para-hydroxylation sites is 1. The van der Waals surface area contributed by atoms with Crippen LogP contribution >= 0.6 is 0 Å². The summed E-state index contributed by atoms with van der Waals surface area (Å²) >= 11 is 0. The van der Waals surface area contributed by atoms with Gasteiger partial charge < -0.3 is 14.4 Å². The van der Waals surface area contributed by atoms with Crippen LogP contribution in [0, 0.1) is 0 Å². The van der Waals surface area contributed by atoms with Crippen LogP contribution in [0.3, 0.4) is 0 Å². The summed E-state index contributed by atoms with van der Waals surface area (Å²) in [7, 11) is 0. The number of nitrogens with zero attached hydrogens (tertiary/aromatic N) is 2. The molecule has 1 aromatic carbocycles. The summed E-state index contributed by atoms with van der Waals surface area (Å²) in [5, 5.41) is 14.8. The second-order valence-electron chi connectivity index (χ2n) is 6.66. The second-order valence-corrected chi connectivity index (χ2v) is 6.66. The molecule has 1 atom stereocenters. The predicted molar refractivity (Wildman–Crippen MR) is 87.4 cm³/mol. The lowest BCUT2D eigenvalue weighted by Gasteiger charge is -2.23. The topological polar surface area (TPSA) is 58.7 Å². The Labute approximate surface area is 136 Å². The highest BCUT2D eigenvalue weighted by Gasteiger charge is 2.37. The first-order valence-corrected chi connectivity index (χ1v) is 8.12. The Morgan fingerprint density at radius 2 is 2.13 bits per heavy atom. The highest BCUT2D eigenvalue weighted by atomic mass is 16.5. The number of likely N-dealkylation sites (tertiary alicyclic amines) is 1. The monoisotopic (exact) mass is 316 g/mol. The van der Waals surface area contributed by atoms with Gasteiger partial charge in [0, 0.05) is 19.2 Å². The molecule has 1 aliphatic heterocycles. The highest BCUT2D eigenvalue weighted by molar-refractivity contribution is 5.21. The molecule has 5 nitrogen and oxygen atoms in total. The molecule has 2 heterocycles. The molecule has 124 valence electrons. The molecule has 23 heavy (non-hydrogen) atoms. The molecule has 3 rings (SSSR count). The lowest BCUT2D eigenvalue weighted by atomic mass is 10.1. The number of β-amino-alcohol motifs (C(OH)–C–C–N with tert-alkyl or cyclic N) is 1. The minimum absolute atomic E-state index is 0.307. The van der Waals surface area contributed by atoms with E-state index in [4.69, 9.17) is 9.26 Å². The lowest BCUT2D eigenvalue weighted by Crippen LogP contribution is -2.39. The summed E-state index contributed by atoms with van der Waals surface area (Å²) in [5.74, 6) is 2.00. The molecule has 0 radical (unpaired) electrons. The predicted octanol–water partition coefficient (Wildman–Crippen LogP) is 2.81. The molecule has 1 aliphatic rings. The zero-order chi connectivity index (χ0) is 16.3. The summed E-state index contributed by atoms with van der Waals surface area (Å²) < 4.78 is 11.1. The van der Waals surface area contributed by atoms with Gasteiger partial charge in [-0.05, 0) is 24.5 Å². The quantitative estimate of drug-likeness (QED) is 0.888. The lowest BCUT2D eigenvalue weighted by molar-refractivity contribution is 0.00286. The average molecular weight is 316 g/mol. The van der Waals surface area contributed by atoms with E-state index in [1.165, 1.54) is 0 Å². The summed E-state index contributed by atoms with van der Waals surface area (Å²) in [6.45, 7) is 6.58. The molecule has 2 aromatic rings. The van der Waals surface area contributed by atoms with Crippen LogP contribution in [0.25, 0.3) is 0 Å². The van der Waals surface area contributed by atoms with Crippen LogP contribution in [-0.2, 0) is 6.54 Å². The first kappa shape index (κ1) is 16.0. The Balaban J connectivity index is 1.52. The van der Waals surface area contributed by atoms with E-state index in [-0.39, 0.29) is 0 Å². The van der Waals surface area contributed by atoms with E-state index in [0.29, 0.717) is 32.0 Å². The Bertz CT molecular complexity index is 626. The van der Waals surface area contributed by atoms with Crippen LogP contribution < -0.4 is 4.74 Å². The molecular formula is C18H24N2O3. The van der Waals surface area contributed by atoms with Gasteiger partial charge in [0.1, 0.15) is 18.0 Å². The third-order valence-electron chi connectivity index (χ3n) is 4.21. The molecule has 0 bridgehead atoms. The van der Waals surface area contributed by atoms with Crippen molar-refractivity contribution in [2.24, 2.45) is 0 Å². The van der Waals surface area contributed by atoms with Crippen LogP contribution in [0.1, 0.15) is 37.6 Å². The van der Waals surface area contributed by atoms with Crippen LogP contribution in [0.15, 0.2) is 40.9 Å². The van der Waals surface area contributed by atoms with Gasteiger partial charge in [-0.3, -0.25) is 4.90 Å². The normalized spacial score (nSPS) is 21.9. The maximum Gasteiger partial charge on any atom is 0.150 e. The van der Waals surface area contributed by atoms with Crippen LogP contribution in [0.4, 0.5) is 0 Å². The van der Waals surface area contributed by atoms with Crippen molar-refractivity contribution in [1.82, 2.24) is 10.1 Å². The van der Waals surface area contributed by atoms with Gasteiger partial charge in [-0.1, -0.05) is 37.2 Å². The van der Waals surface area contributed by atoms with Crippen molar-refractivity contribution in [3.63, 3.8) is 0 Å². The Hall–Kier alpha value is -1.85. The summed E-state index contributed by atoms with van der Waals surface area (Å²) in [6, 6.07) is 11.6. The number of rotatable bonds is 6. The Morgan fingerprint density at radius 1 is 1.35 bits per heavy atom. The minimum atomic E-state index is -0.809. The fraction of sp³-hybridized carbons (Fsp3) is 0.500. The van der Waals surface area contributed by atoms with Crippen molar-refractivity contribution >= 4 is 0 Å². The van der Waals surface area contributed by atoms with E-state index in [9.17, 15) is 5.11 Å². The van der Waals surface area contributed by atoms with E-state index in [0.717, 1.165) is 23.7 Å². The standard InChI is InChI=1S/C18H24N2O3/c1-14(2)17-10-16(23-19-17)11-20-9-8-18(21,12-20)13-22-15-6-4-3-5-7-15/h3-7,10,14,21H,8-9,11-13H2,1-2H3. The van der Waals surface area contributed by atoms with E-state index in [1.807, 2.05) is 36.4 Å². The van der Waals surface area contributed by atoms with Gasteiger partial charge in [-0.2, -0.15) is 0 Å². The van der Waals surface area contributed by atoms with Crippen molar-refractivity contribution in [3.05, 3.63) is 47.9 Å². The summed E-state index contributed by atoms with van der Waals surface area (Å²) in [4.78, 5) is 2.18. The zero-order valence-corrected chi connectivity index (χ0v) is 13.7. The van der Waals surface area contributed by atoms with E-state index in [1.54, 1.807) is 0 Å². The number of ether oxygens (including phenoxy) is 1. The van der Waals surface area contributed by atoms with Gasteiger partial charge in [0.2, 0.25) is 0 Å². The van der Waals surface area contributed by atoms with Crippen LogP contribution in [0.5, 0.6) is 5.75 Å². The third kappa shape index (κ3) is 4.12. The molecule has 1 N–H and O–H groups in total. The van der Waals surface area contributed by atoms with Crippen molar-refractivity contribution in [2.45, 2.75) is 38.3 Å². The Kier molecular flexibility index (Phi) is 4.68. The molecule has 1 aromatic heterocycles. The fourth-order valence-electron chi connectivity index (χ4n) is 2.82. The van der Waals surface area contributed by atoms with Gasteiger partial charge in [0.05, 0.1) is 12.2 Å². The van der Waals surface area contributed by atoms with Gasteiger partial charge in [0.25, 0.3) is 0 Å². The van der Waals surface area contributed by atoms with Crippen LogP contribution in [-0.4, -0.2) is 40.5 Å². The first-order chi connectivity index (χ1) is 11.0. The fourth-order valence-corrected chi connectivity index (χ4v) is 2.82. The van der Waals surface area contributed by atoms with Crippen molar-refractivity contribution in [2.75, 3.05) is 19.7 Å². The number of aliphatic hydroxyl groups is 1. The van der Waals surface area contributed by atoms with E-state index >= 15 is 0 Å². The number of benzene rings is 1. The number of aromatic nitrogens is 1. The maximum absolute atomic E-state index is 10.7. The van der Waals surface area contributed by atoms with Gasteiger partial charge >= 0.3 is 0 Å². The zero-order valence-electron chi connectivity index (χ0n) is 13.7.